The van der Waals surface area contributed by atoms with Gasteiger partial charge in [0.05, 0.1) is 13.7 Å². The number of hydroxylamine groups is 2. The maximum Gasteiger partial charge on any atom is 0.302 e. The van der Waals surface area contributed by atoms with E-state index >= 15 is 0 Å². The highest BCUT2D eigenvalue weighted by Gasteiger charge is 2.68. The van der Waals surface area contributed by atoms with E-state index in [-0.39, 0.29) is 0 Å². The Morgan fingerprint density at radius 1 is 1.39 bits per heavy atom. The van der Waals surface area contributed by atoms with Gasteiger partial charge in [-0.15, -0.1) is 0 Å². The van der Waals surface area contributed by atoms with Crippen molar-refractivity contribution >= 4 is 11.9 Å². The molecule has 1 saturated heterocycles. The fraction of sp³-hybridized carbons (Fsp3) is 0.500. The lowest BCUT2D eigenvalue weighted by molar-refractivity contribution is -0.267. The van der Waals surface area contributed by atoms with E-state index in [4.69, 9.17) is 9.57 Å². The Morgan fingerprint density at radius 2 is 2.00 bits per heavy atom. The zero-order chi connectivity index (χ0) is 17.2. The van der Waals surface area contributed by atoms with Crippen molar-refractivity contribution in [3.05, 3.63) is 35.9 Å². The highest BCUT2D eigenvalue weighted by Crippen LogP contribution is 2.47. The van der Waals surface area contributed by atoms with Crippen LogP contribution in [0.4, 0.5) is 0 Å². The first-order valence-corrected chi connectivity index (χ1v) is 7.30. The Morgan fingerprint density at radius 3 is 2.48 bits per heavy atom. The Balaban J connectivity index is 2.57. The first kappa shape index (κ1) is 17.4. The second-order valence-corrected chi connectivity index (χ2v) is 5.49. The van der Waals surface area contributed by atoms with Crippen molar-refractivity contribution in [3.63, 3.8) is 0 Å². The van der Waals surface area contributed by atoms with Crippen LogP contribution in [0.25, 0.3) is 0 Å². The van der Waals surface area contributed by atoms with Crippen molar-refractivity contribution in [2.45, 2.75) is 37.5 Å². The lowest BCUT2D eigenvalue weighted by atomic mass is 9.62. The van der Waals surface area contributed by atoms with Crippen molar-refractivity contribution in [2.24, 2.45) is 0 Å². The number of hydrogen-bond donors (Lipinski definition) is 2. The van der Waals surface area contributed by atoms with E-state index in [1.807, 2.05) is 0 Å². The van der Waals surface area contributed by atoms with E-state index in [0.717, 1.165) is 5.06 Å². The second-order valence-electron chi connectivity index (χ2n) is 5.49. The fourth-order valence-corrected chi connectivity index (χ4v) is 3.31. The third-order valence-electron chi connectivity index (χ3n) is 4.26. The molecule has 1 aliphatic rings. The minimum Gasteiger partial charge on any atom is -0.461 e. The molecule has 0 bridgehead atoms. The third kappa shape index (κ3) is 2.60. The zero-order valence-electron chi connectivity index (χ0n) is 13.3. The second kappa shape index (κ2) is 6.66. The maximum atomic E-state index is 12.8. The van der Waals surface area contributed by atoms with Crippen LogP contribution in [0.1, 0.15) is 19.4 Å². The zero-order valence-corrected chi connectivity index (χ0v) is 13.3. The smallest absolute Gasteiger partial charge is 0.302 e. The Hall–Kier alpha value is -1.96. The summed E-state index contributed by atoms with van der Waals surface area (Å²) in [6, 6.07) is 7.87. The first-order chi connectivity index (χ1) is 10.9. The molecule has 0 spiro atoms. The summed E-state index contributed by atoms with van der Waals surface area (Å²) in [7, 11) is 1.31. The number of ether oxygens (including phenoxy) is 1. The van der Waals surface area contributed by atoms with Gasteiger partial charge in [-0.05, 0) is 12.5 Å². The fourth-order valence-electron chi connectivity index (χ4n) is 3.31. The van der Waals surface area contributed by atoms with Crippen LogP contribution in [0.15, 0.2) is 30.3 Å². The number of β-lactam (4-membered cyclic amide) rings is 1. The summed E-state index contributed by atoms with van der Waals surface area (Å²) in [6.07, 6.45) is -2.08. The van der Waals surface area contributed by atoms with Gasteiger partial charge < -0.3 is 14.9 Å². The third-order valence-corrected chi connectivity index (χ3v) is 4.26. The molecule has 1 aliphatic heterocycles. The minimum atomic E-state index is -1.31. The van der Waals surface area contributed by atoms with E-state index in [2.05, 4.69) is 0 Å². The van der Waals surface area contributed by atoms with Crippen LogP contribution in [-0.2, 0) is 24.6 Å². The average molecular weight is 323 g/mol. The SMILES string of the molecule is CON1C(=O)[C@](c2ccccc2)([C@@H](C)OC(C)=O)[C@H]1[C@H](O)CO. The number of aliphatic hydroxyl groups excluding tert-OH is 2. The topological polar surface area (TPSA) is 96.3 Å². The van der Waals surface area contributed by atoms with Crippen molar-refractivity contribution < 1.29 is 29.4 Å². The normalized spacial score (nSPS) is 26.4. The van der Waals surface area contributed by atoms with E-state index in [1.54, 1.807) is 37.3 Å². The Bertz CT molecular complexity index is 577. The van der Waals surface area contributed by atoms with Crippen molar-refractivity contribution in [1.82, 2.24) is 5.06 Å². The molecule has 4 atom stereocenters. The van der Waals surface area contributed by atoms with Crippen LogP contribution < -0.4 is 0 Å². The molecule has 1 heterocycles. The van der Waals surface area contributed by atoms with Gasteiger partial charge in [0.15, 0.2) is 0 Å². The highest BCUT2D eigenvalue weighted by molar-refractivity contribution is 5.96. The van der Waals surface area contributed by atoms with Crippen LogP contribution in [0.3, 0.4) is 0 Å². The highest BCUT2D eigenvalue weighted by atomic mass is 16.7. The quantitative estimate of drug-likeness (QED) is 0.565. The maximum absolute atomic E-state index is 12.8. The van der Waals surface area contributed by atoms with Crippen LogP contribution >= 0.6 is 0 Å². The summed E-state index contributed by atoms with van der Waals surface area (Å²) in [5.74, 6) is -0.967. The molecule has 23 heavy (non-hydrogen) atoms. The summed E-state index contributed by atoms with van der Waals surface area (Å²) in [5.41, 5.74) is -0.727. The molecule has 0 radical (unpaired) electrons. The molecule has 1 fully saturated rings. The number of rotatable bonds is 6. The number of esters is 1. The Kier molecular flexibility index (Phi) is 5.03. The molecule has 1 aromatic carbocycles. The molecule has 0 aliphatic carbocycles. The number of carbonyl (C=O) groups excluding carboxylic acids is 2. The summed E-state index contributed by atoms with van der Waals surface area (Å²) in [6.45, 7) is 2.29. The molecule has 2 N–H and O–H groups in total. The summed E-state index contributed by atoms with van der Waals surface area (Å²) >= 11 is 0. The van der Waals surface area contributed by atoms with Crippen molar-refractivity contribution in [1.29, 1.82) is 0 Å². The molecule has 0 unspecified atom stereocenters. The van der Waals surface area contributed by atoms with E-state index < -0.39 is 42.1 Å². The predicted octanol–water partition coefficient (Wildman–Crippen LogP) is 0.00140. The number of hydrogen-bond acceptors (Lipinski definition) is 6. The Labute approximate surface area is 134 Å². The van der Waals surface area contributed by atoms with Gasteiger partial charge in [0, 0.05) is 6.92 Å². The van der Waals surface area contributed by atoms with Gasteiger partial charge in [0.25, 0.3) is 5.91 Å². The van der Waals surface area contributed by atoms with Crippen LogP contribution in [0.5, 0.6) is 0 Å². The molecule has 2 rings (SSSR count). The van der Waals surface area contributed by atoms with Crippen LogP contribution in [-0.4, -0.2) is 59.1 Å². The monoisotopic (exact) mass is 323 g/mol. The van der Waals surface area contributed by atoms with Crippen molar-refractivity contribution in [2.75, 3.05) is 13.7 Å². The summed E-state index contributed by atoms with van der Waals surface area (Å²) < 4.78 is 5.27. The molecular formula is C16H21NO6. The minimum absolute atomic E-state index is 0.433. The largest absolute Gasteiger partial charge is 0.461 e. The molecule has 1 amide bonds. The molecule has 0 aromatic heterocycles. The van der Waals surface area contributed by atoms with Gasteiger partial charge in [-0.2, -0.15) is 0 Å². The van der Waals surface area contributed by atoms with Crippen LogP contribution in [0.2, 0.25) is 0 Å². The van der Waals surface area contributed by atoms with Gasteiger partial charge in [-0.1, -0.05) is 30.3 Å². The van der Waals surface area contributed by atoms with Crippen LogP contribution in [0, 0.1) is 0 Å². The van der Waals surface area contributed by atoms with E-state index in [9.17, 15) is 19.8 Å². The van der Waals surface area contributed by atoms with E-state index in [0.29, 0.717) is 5.56 Å². The number of amides is 1. The van der Waals surface area contributed by atoms with Gasteiger partial charge in [0.2, 0.25) is 0 Å². The predicted molar refractivity (Wildman–Crippen MR) is 80.1 cm³/mol. The van der Waals surface area contributed by atoms with Gasteiger partial charge in [0.1, 0.15) is 23.7 Å². The van der Waals surface area contributed by atoms with Crippen molar-refractivity contribution in [3.8, 4) is 0 Å². The lowest BCUT2D eigenvalue weighted by Gasteiger charge is -2.57. The molecule has 126 valence electrons. The molecule has 1 aromatic rings. The molecule has 7 heteroatoms. The summed E-state index contributed by atoms with van der Waals surface area (Å²) in [5, 5.41) is 20.6. The number of benzene rings is 1. The standard InChI is InChI=1S/C16H21NO6/c1-10(23-11(2)19)16(12-7-5-4-6-8-12)14(13(20)9-18)17(22-3)15(16)21/h4-8,10,13-14,18,20H,9H2,1-3H3/t10-,13-,14-,16+/m1/s1. The number of nitrogens with zero attached hydrogens (tertiary/aromatic N) is 1. The molecule has 0 saturated carbocycles. The summed E-state index contributed by atoms with van der Waals surface area (Å²) in [4.78, 5) is 29.2. The molecule has 7 nitrogen and oxygen atoms in total. The van der Waals surface area contributed by atoms with E-state index in [1.165, 1.54) is 14.0 Å². The number of aliphatic hydroxyl groups is 2. The lowest BCUT2D eigenvalue weighted by Crippen LogP contribution is -2.78. The van der Waals surface area contributed by atoms with Gasteiger partial charge >= 0.3 is 5.97 Å². The first-order valence-electron chi connectivity index (χ1n) is 7.30. The number of carbonyl (C=O) groups is 2. The average Bonchev–Trinajstić information content (AvgIpc) is 2.52. The van der Waals surface area contributed by atoms with Gasteiger partial charge in [-0.3, -0.25) is 14.4 Å². The van der Waals surface area contributed by atoms with Gasteiger partial charge in [-0.25, -0.2) is 5.06 Å². The molecular weight excluding hydrogens is 302 g/mol.